The summed E-state index contributed by atoms with van der Waals surface area (Å²) < 4.78 is 7.99. The van der Waals surface area contributed by atoms with Crippen LogP contribution in [0.1, 0.15) is 25.8 Å². The number of benzene rings is 1. The van der Waals surface area contributed by atoms with Crippen LogP contribution in [-0.4, -0.2) is 22.7 Å². The monoisotopic (exact) mass is 287 g/mol. The maximum Gasteiger partial charge on any atom is 0.123 e. The van der Waals surface area contributed by atoms with Gasteiger partial charge in [0.1, 0.15) is 5.75 Å². The quantitative estimate of drug-likeness (QED) is 0.720. The number of ether oxygens (including phenoxy) is 1. The molecule has 0 aliphatic heterocycles. The zero-order valence-electron chi connectivity index (χ0n) is 13.0. The Morgan fingerprint density at radius 3 is 2.90 bits per heavy atom. The van der Waals surface area contributed by atoms with Gasteiger partial charge in [-0.1, -0.05) is 32.0 Å². The summed E-state index contributed by atoms with van der Waals surface area (Å²) >= 11 is 0. The summed E-state index contributed by atoms with van der Waals surface area (Å²) in [5.74, 6) is 1.65. The zero-order chi connectivity index (χ0) is 14.9. The third kappa shape index (κ3) is 5.60. The van der Waals surface area contributed by atoms with Crippen molar-refractivity contribution >= 4 is 0 Å². The van der Waals surface area contributed by atoms with Crippen LogP contribution < -0.4 is 10.1 Å². The Morgan fingerprint density at radius 2 is 2.14 bits per heavy atom. The molecule has 0 aliphatic carbocycles. The predicted octanol–water partition coefficient (Wildman–Crippen LogP) is 3.10. The van der Waals surface area contributed by atoms with Crippen LogP contribution in [0.15, 0.2) is 43.0 Å². The van der Waals surface area contributed by atoms with Crippen molar-refractivity contribution in [3.63, 3.8) is 0 Å². The molecule has 0 amide bonds. The third-order valence-corrected chi connectivity index (χ3v) is 3.22. The maximum atomic E-state index is 5.92. The summed E-state index contributed by atoms with van der Waals surface area (Å²) in [7, 11) is 0. The summed E-state index contributed by atoms with van der Waals surface area (Å²) in [6, 6.07) is 8.25. The summed E-state index contributed by atoms with van der Waals surface area (Å²) in [6.07, 6.45) is 6.59. The van der Waals surface area contributed by atoms with Gasteiger partial charge in [0.25, 0.3) is 0 Å². The summed E-state index contributed by atoms with van der Waals surface area (Å²) in [4.78, 5) is 4.03. The second-order valence-electron chi connectivity index (χ2n) is 5.63. The van der Waals surface area contributed by atoms with Gasteiger partial charge in [-0.3, -0.25) is 0 Å². The van der Waals surface area contributed by atoms with Gasteiger partial charge in [-0.25, -0.2) is 4.98 Å². The van der Waals surface area contributed by atoms with E-state index in [9.17, 15) is 0 Å². The molecule has 0 bridgehead atoms. The van der Waals surface area contributed by atoms with E-state index in [0.29, 0.717) is 5.92 Å². The number of para-hydroxylation sites is 1. The highest BCUT2D eigenvalue weighted by molar-refractivity contribution is 5.33. The molecule has 0 radical (unpaired) electrons. The normalized spacial score (nSPS) is 11.0. The Bertz CT molecular complexity index is 509. The maximum absolute atomic E-state index is 5.92. The zero-order valence-corrected chi connectivity index (χ0v) is 13.0. The van der Waals surface area contributed by atoms with Crippen LogP contribution >= 0.6 is 0 Å². The number of hydrogen-bond donors (Lipinski definition) is 1. The van der Waals surface area contributed by atoms with Gasteiger partial charge in [0.15, 0.2) is 0 Å². The van der Waals surface area contributed by atoms with E-state index in [-0.39, 0.29) is 0 Å². The van der Waals surface area contributed by atoms with E-state index < -0.39 is 0 Å². The second kappa shape index (κ2) is 8.47. The smallest absolute Gasteiger partial charge is 0.123 e. The lowest BCUT2D eigenvalue weighted by atomic mass is 10.2. The number of aromatic nitrogens is 2. The molecule has 2 rings (SSSR count). The molecule has 0 unspecified atom stereocenters. The Kier molecular flexibility index (Phi) is 6.28. The van der Waals surface area contributed by atoms with Crippen LogP contribution in [0.4, 0.5) is 0 Å². The van der Waals surface area contributed by atoms with Crippen LogP contribution in [0.25, 0.3) is 0 Å². The van der Waals surface area contributed by atoms with Crippen molar-refractivity contribution in [1.29, 1.82) is 0 Å². The molecule has 4 nitrogen and oxygen atoms in total. The minimum absolute atomic E-state index is 0.660. The van der Waals surface area contributed by atoms with E-state index in [0.717, 1.165) is 38.4 Å². The molecule has 0 fully saturated rings. The number of imidazole rings is 1. The summed E-state index contributed by atoms with van der Waals surface area (Å²) in [5, 5.41) is 3.46. The standard InChI is InChI=1S/C17H25N3O/c1-15(2)12-19-13-16-6-3-4-7-17(16)21-11-5-9-20-10-8-18-14-20/h3-4,6-8,10,14-15,19H,5,9,11-13H2,1-2H3. The molecular weight excluding hydrogens is 262 g/mol. The highest BCUT2D eigenvalue weighted by atomic mass is 16.5. The minimum Gasteiger partial charge on any atom is -0.493 e. The number of rotatable bonds is 9. The van der Waals surface area contributed by atoms with Gasteiger partial charge in [-0.15, -0.1) is 0 Å². The van der Waals surface area contributed by atoms with E-state index in [4.69, 9.17) is 4.74 Å². The Labute approximate surface area is 127 Å². The molecule has 0 saturated carbocycles. The van der Waals surface area contributed by atoms with E-state index in [2.05, 4.69) is 40.8 Å². The van der Waals surface area contributed by atoms with Crippen LogP contribution in [0.5, 0.6) is 5.75 Å². The molecule has 0 aliphatic rings. The fourth-order valence-electron chi connectivity index (χ4n) is 2.13. The van der Waals surface area contributed by atoms with Gasteiger partial charge in [-0.05, 0) is 24.9 Å². The first-order valence-corrected chi connectivity index (χ1v) is 7.63. The van der Waals surface area contributed by atoms with Gasteiger partial charge in [0, 0.05) is 31.0 Å². The average molecular weight is 287 g/mol. The van der Waals surface area contributed by atoms with E-state index in [1.54, 1.807) is 6.20 Å². The van der Waals surface area contributed by atoms with Crippen molar-refractivity contribution in [2.24, 2.45) is 5.92 Å². The van der Waals surface area contributed by atoms with Crippen molar-refractivity contribution in [3.05, 3.63) is 48.5 Å². The SMILES string of the molecule is CC(C)CNCc1ccccc1OCCCn1ccnc1. The van der Waals surface area contributed by atoms with Crippen LogP contribution in [0.3, 0.4) is 0 Å². The van der Waals surface area contributed by atoms with Crippen molar-refractivity contribution in [2.45, 2.75) is 33.4 Å². The van der Waals surface area contributed by atoms with Crippen molar-refractivity contribution in [3.8, 4) is 5.75 Å². The van der Waals surface area contributed by atoms with Gasteiger partial charge in [-0.2, -0.15) is 0 Å². The van der Waals surface area contributed by atoms with Crippen molar-refractivity contribution < 1.29 is 4.74 Å². The molecule has 1 aromatic heterocycles. The first-order valence-electron chi connectivity index (χ1n) is 7.63. The molecule has 1 N–H and O–H groups in total. The lowest BCUT2D eigenvalue weighted by Crippen LogP contribution is -2.19. The summed E-state index contributed by atoms with van der Waals surface area (Å²) in [5.41, 5.74) is 1.22. The Balaban J connectivity index is 1.76. The fraction of sp³-hybridized carbons (Fsp3) is 0.471. The number of aryl methyl sites for hydroxylation is 1. The lowest BCUT2D eigenvalue weighted by Gasteiger charge is -2.13. The average Bonchev–Trinajstić information content (AvgIpc) is 2.98. The summed E-state index contributed by atoms with van der Waals surface area (Å²) in [6.45, 7) is 7.97. The van der Waals surface area contributed by atoms with Crippen LogP contribution in [0.2, 0.25) is 0 Å². The molecule has 0 atom stereocenters. The van der Waals surface area contributed by atoms with Gasteiger partial charge in [0.2, 0.25) is 0 Å². The largest absolute Gasteiger partial charge is 0.493 e. The van der Waals surface area contributed by atoms with E-state index in [1.165, 1.54) is 5.56 Å². The Morgan fingerprint density at radius 1 is 1.29 bits per heavy atom. The first-order chi connectivity index (χ1) is 10.3. The second-order valence-corrected chi connectivity index (χ2v) is 5.63. The van der Waals surface area contributed by atoms with E-state index in [1.807, 2.05) is 24.7 Å². The molecule has 4 heteroatoms. The Hall–Kier alpha value is -1.81. The van der Waals surface area contributed by atoms with Crippen LogP contribution in [0, 0.1) is 5.92 Å². The molecule has 2 aromatic rings. The molecule has 1 aromatic carbocycles. The first kappa shape index (κ1) is 15.6. The highest BCUT2D eigenvalue weighted by Crippen LogP contribution is 2.18. The number of hydrogen-bond acceptors (Lipinski definition) is 3. The number of nitrogens with one attached hydrogen (secondary N) is 1. The molecule has 0 saturated heterocycles. The molecule has 21 heavy (non-hydrogen) atoms. The molecular formula is C17H25N3O. The van der Waals surface area contributed by atoms with Crippen LogP contribution in [-0.2, 0) is 13.1 Å². The molecule has 0 spiro atoms. The van der Waals surface area contributed by atoms with Gasteiger partial charge in [0.05, 0.1) is 12.9 Å². The topological polar surface area (TPSA) is 39.1 Å². The molecule has 1 heterocycles. The van der Waals surface area contributed by atoms with Crippen molar-refractivity contribution in [2.75, 3.05) is 13.2 Å². The van der Waals surface area contributed by atoms with Gasteiger partial charge < -0.3 is 14.6 Å². The van der Waals surface area contributed by atoms with E-state index >= 15 is 0 Å². The fourth-order valence-corrected chi connectivity index (χ4v) is 2.13. The third-order valence-electron chi connectivity index (χ3n) is 3.22. The highest BCUT2D eigenvalue weighted by Gasteiger charge is 2.03. The minimum atomic E-state index is 0.660. The lowest BCUT2D eigenvalue weighted by molar-refractivity contribution is 0.298. The molecule has 114 valence electrons. The predicted molar refractivity (Wildman–Crippen MR) is 85.3 cm³/mol. The van der Waals surface area contributed by atoms with Crippen molar-refractivity contribution in [1.82, 2.24) is 14.9 Å². The number of nitrogens with zero attached hydrogens (tertiary/aromatic N) is 2. The van der Waals surface area contributed by atoms with Gasteiger partial charge >= 0.3 is 0 Å².